The molecule has 0 amide bonds. The van der Waals surface area contributed by atoms with Crippen molar-refractivity contribution < 1.29 is 0 Å². The molecule has 6 heteroatoms. The van der Waals surface area contributed by atoms with E-state index in [0.29, 0.717) is 0 Å². The highest BCUT2D eigenvalue weighted by atomic mass is 32.2. The van der Waals surface area contributed by atoms with Gasteiger partial charge in [0.15, 0.2) is 0 Å². The van der Waals surface area contributed by atoms with Crippen LogP contribution in [0.15, 0.2) is 252 Å². The first-order chi connectivity index (χ1) is 45.1. The van der Waals surface area contributed by atoms with Crippen molar-refractivity contribution in [1.82, 2.24) is 9.13 Å². The van der Waals surface area contributed by atoms with E-state index in [-0.39, 0.29) is 28.4 Å². The predicted octanol–water partition coefficient (Wildman–Crippen LogP) is 23.2. The van der Waals surface area contributed by atoms with Gasteiger partial charge in [0.1, 0.15) is 0 Å². The van der Waals surface area contributed by atoms with Crippen LogP contribution in [0.25, 0.3) is 109 Å². The second-order valence-corrected chi connectivity index (χ2v) is 32.7. The van der Waals surface area contributed by atoms with Crippen LogP contribution >= 0.6 is 23.1 Å². The van der Waals surface area contributed by atoms with Gasteiger partial charge in [0.2, 0.25) is 6.71 Å². The molecule has 0 N–H and O–H groups in total. The first-order valence-electron chi connectivity index (χ1n) is 33.4. The van der Waals surface area contributed by atoms with Gasteiger partial charge in [-0.15, -0.1) is 11.3 Å². The van der Waals surface area contributed by atoms with Crippen LogP contribution in [0.2, 0.25) is 0 Å². The van der Waals surface area contributed by atoms with Gasteiger partial charge in [0.05, 0.1) is 27.8 Å². The van der Waals surface area contributed by atoms with Crippen LogP contribution < -0.4 is 21.3 Å². The second kappa shape index (κ2) is 21.1. The molecule has 94 heavy (non-hydrogen) atoms. The summed E-state index contributed by atoms with van der Waals surface area (Å²) in [4.78, 5) is 5.35. The van der Waals surface area contributed by atoms with Gasteiger partial charge in [-0.1, -0.05) is 246 Å². The summed E-state index contributed by atoms with van der Waals surface area (Å²) in [6, 6.07) is 94.0. The largest absolute Gasteiger partial charge is 0.310 e. The van der Waals surface area contributed by atoms with Gasteiger partial charge in [0, 0.05) is 85.4 Å². The van der Waals surface area contributed by atoms with Crippen LogP contribution in [0.4, 0.5) is 17.1 Å². The summed E-state index contributed by atoms with van der Waals surface area (Å²) in [6.07, 6.45) is 0. The molecule has 17 rings (SSSR count). The third-order valence-corrected chi connectivity index (χ3v) is 22.7. The molecule has 5 heterocycles. The lowest BCUT2D eigenvalue weighted by Crippen LogP contribution is -2.60. The summed E-state index contributed by atoms with van der Waals surface area (Å²) >= 11 is 3.89. The fourth-order valence-corrected chi connectivity index (χ4v) is 17.8. The number of fused-ring (bicyclic) bond motifs is 14. The molecule has 0 saturated heterocycles. The Labute approximate surface area is 561 Å². The van der Waals surface area contributed by atoms with Crippen LogP contribution in [-0.2, 0) is 21.7 Å². The highest BCUT2D eigenvalue weighted by molar-refractivity contribution is 8.00. The van der Waals surface area contributed by atoms with Gasteiger partial charge < -0.3 is 14.0 Å². The standard InChI is InChI=1S/C88H76BN3S2/c1-85(2,3)57-32-39-72-66(46-57)67-47-58(86(4,5)6)33-40-73(67)90(72)61-36-37-70-76(50-61)92(83-64(54-26-18-14-19-27-54)44-56(53-24-16-13-17-25-53)45-65(83)55-28-20-15-21-29-55)77-51-62(52-80-82(77)89(70)71-38-43-79-81(84(71)94-80)63-30-22-23-31-78(63)93-79)91-74-41-34-59(87(7,8)9)48-68(74)69-49-60(88(10,11)12)35-42-75(69)91/h13-52H,1-12H3. The number of hydrogen-bond donors (Lipinski definition) is 0. The molecule has 0 saturated carbocycles. The first kappa shape index (κ1) is 58.5. The molecule has 2 aliphatic heterocycles. The Bertz CT molecular complexity index is 5420. The quantitative estimate of drug-likeness (QED) is 0.154. The molecular formula is C88H76BN3S2. The molecule has 0 atom stereocenters. The fraction of sp³-hybridized carbons (Fsp3) is 0.182. The lowest BCUT2D eigenvalue weighted by atomic mass is 9.34. The number of nitrogens with zero attached hydrogens (tertiary/aromatic N) is 3. The van der Waals surface area contributed by atoms with Gasteiger partial charge in [-0.25, -0.2) is 0 Å². The number of hydrogen-bond acceptors (Lipinski definition) is 3. The zero-order valence-corrected chi connectivity index (χ0v) is 57.5. The molecule has 12 aromatic carbocycles. The third kappa shape index (κ3) is 9.29. The first-order valence-corrected chi connectivity index (χ1v) is 35.0. The van der Waals surface area contributed by atoms with Crippen LogP contribution in [0.5, 0.6) is 0 Å². The third-order valence-electron chi connectivity index (χ3n) is 20.4. The molecule has 458 valence electrons. The molecule has 0 unspecified atom stereocenters. The molecule has 2 aliphatic rings. The summed E-state index contributed by atoms with van der Waals surface area (Å²) < 4.78 is 7.80. The summed E-state index contributed by atoms with van der Waals surface area (Å²) in [6.45, 7) is 27.9. The van der Waals surface area contributed by atoms with E-state index in [1.165, 1.54) is 129 Å². The average Bonchev–Trinajstić information content (AvgIpc) is 1.74. The van der Waals surface area contributed by atoms with E-state index in [1.54, 1.807) is 0 Å². The maximum atomic E-state index is 2.73. The lowest BCUT2D eigenvalue weighted by Gasteiger charge is -2.42. The Morgan fingerprint density at radius 1 is 0.330 bits per heavy atom. The molecule has 15 aromatic rings. The Morgan fingerprint density at radius 3 is 1.26 bits per heavy atom. The zero-order chi connectivity index (χ0) is 64.5. The number of anilines is 3. The molecule has 0 radical (unpaired) electrons. The van der Waals surface area contributed by atoms with E-state index >= 15 is 0 Å². The Morgan fingerprint density at radius 2 is 0.766 bits per heavy atom. The van der Waals surface area contributed by atoms with E-state index in [0.717, 1.165) is 45.0 Å². The summed E-state index contributed by atoms with van der Waals surface area (Å²) in [5.74, 6) is 0. The van der Waals surface area contributed by atoms with Crippen molar-refractivity contribution in [3.8, 4) is 44.8 Å². The molecule has 0 spiro atoms. The normalized spacial score (nSPS) is 13.4. The Kier molecular flexibility index (Phi) is 13.1. The topological polar surface area (TPSA) is 13.1 Å². The van der Waals surface area contributed by atoms with Crippen molar-refractivity contribution in [3.05, 3.63) is 265 Å². The van der Waals surface area contributed by atoms with E-state index in [2.05, 4.69) is 340 Å². The minimum absolute atomic E-state index is 0.0376. The van der Waals surface area contributed by atoms with Crippen molar-refractivity contribution in [1.29, 1.82) is 0 Å². The number of aromatic nitrogens is 2. The van der Waals surface area contributed by atoms with Crippen molar-refractivity contribution in [2.24, 2.45) is 0 Å². The number of benzene rings is 12. The second-order valence-electron chi connectivity index (χ2n) is 30.6. The summed E-state index contributed by atoms with van der Waals surface area (Å²) in [5.41, 5.74) is 26.6. The lowest BCUT2D eigenvalue weighted by molar-refractivity contribution is 0.590. The molecule has 3 nitrogen and oxygen atoms in total. The van der Waals surface area contributed by atoms with Crippen molar-refractivity contribution in [2.45, 2.75) is 115 Å². The molecule has 0 bridgehead atoms. The molecule has 0 aliphatic carbocycles. The van der Waals surface area contributed by atoms with E-state index in [4.69, 9.17) is 0 Å². The molecular weight excluding hydrogens is 1170 g/mol. The maximum absolute atomic E-state index is 2.73. The highest BCUT2D eigenvalue weighted by Gasteiger charge is 2.44. The predicted molar refractivity (Wildman–Crippen MR) is 409 cm³/mol. The minimum atomic E-state index is -0.105. The molecule has 3 aromatic heterocycles. The minimum Gasteiger partial charge on any atom is -0.310 e. The highest BCUT2D eigenvalue weighted by Crippen LogP contribution is 2.54. The van der Waals surface area contributed by atoms with Gasteiger partial charge >= 0.3 is 0 Å². The van der Waals surface area contributed by atoms with Crippen molar-refractivity contribution in [3.63, 3.8) is 0 Å². The fourth-order valence-electron chi connectivity index (χ4n) is 15.3. The van der Waals surface area contributed by atoms with Gasteiger partial charge in [-0.3, -0.25) is 0 Å². The van der Waals surface area contributed by atoms with Gasteiger partial charge in [-0.05, 0) is 174 Å². The van der Waals surface area contributed by atoms with E-state index in [9.17, 15) is 0 Å². The number of thiophene rings is 1. The van der Waals surface area contributed by atoms with Gasteiger partial charge in [0.25, 0.3) is 0 Å². The van der Waals surface area contributed by atoms with Crippen LogP contribution in [0.3, 0.4) is 0 Å². The maximum Gasteiger partial charge on any atom is 0.249 e. The van der Waals surface area contributed by atoms with E-state index < -0.39 is 0 Å². The Balaban J connectivity index is 1.04. The van der Waals surface area contributed by atoms with Crippen molar-refractivity contribution >= 4 is 127 Å². The smallest absolute Gasteiger partial charge is 0.249 e. The van der Waals surface area contributed by atoms with E-state index in [1.807, 2.05) is 23.1 Å². The average molecular weight is 1250 g/mol. The van der Waals surface area contributed by atoms with Gasteiger partial charge in [-0.2, -0.15) is 0 Å². The van der Waals surface area contributed by atoms with Crippen LogP contribution in [0, 0.1) is 0 Å². The van der Waals surface area contributed by atoms with Crippen LogP contribution in [-0.4, -0.2) is 15.8 Å². The monoisotopic (exact) mass is 1250 g/mol. The SMILES string of the molecule is CC(C)(C)c1ccc2c(c1)c1cc(C(C)(C)C)ccc1n2-c1ccc2c(c1)N(c1c(-c3ccccc3)cc(-c3ccccc3)cc1-c1ccccc1)c1cc(-n3c4ccc(C(C)(C)C)cc4c4cc(C(C)(C)C)ccc43)cc3c1B2c1ccc2sc4ccccc4c2c1S3. The molecule has 0 fully saturated rings. The van der Waals surface area contributed by atoms with Crippen molar-refractivity contribution in [2.75, 3.05) is 4.90 Å². The number of rotatable bonds is 6. The zero-order valence-electron chi connectivity index (χ0n) is 55.8. The Hall–Kier alpha value is -9.33. The summed E-state index contributed by atoms with van der Waals surface area (Å²) in [7, 11) is 0. The summed E-state index contributed by atoms with van der Waals surface area (Å²) in [5, 5.41) is 7.78. The van der Waals surface area contributed by atoms with Crippen LogP contribution in [0.1, 0.15) is 105 Å².